The lowest BCUT2D eigenvalue weighted by Crippen LogP contribution is -2.26. The van der Waals surface area contributed by atoms with E-state index in [0.717, 1.165) is 33.0 Å². The van der Waals surface area contributed by atoms with E-state index in [1.165, 1.54) is 18.8 Å². The van der Waals surface area contributed by atoms with E-state index in [0.29, 0.717) is 51.1 Å². The zero-order valence-corrected chi connectivity index (χ0v) is 25.1. The summed E-state index contributed by atoms with van der Waals surface area (Å²) in [6, 6.07) is 16.4. The fourth-order valence-corrected chi connectivity index (χ4v) is 5.84. The summed E-state index contributed by atoms with van der Waals surface area (Å²) in [6.45, 7) is 1.97. The van der Waals surface area contributed by atoms with E-state index in [-0.39, 0.29) is 17.2 Å². The first kappa shape index (κ1) is 28.1. The minimum Gasteiger partial charge on any atom is -0.455 e. The highest BCUT2D eigenvalue weighted by molar-refractivity contribution is 7.92. The summed E-state index contributed by atoms with van der Waals surface area (Å²) in [5.74, 6) is -0.00470. The van der Waals surface area contributed by atoms with E-state index in [1.54, 1.807) is 31.4 Å². The number of rotatable bonds is 6. The van der Waals surface area contributed by atoms with Crippen LogP contribution in [0.15, 0.2) is 70.0 Å². The van der Waals surface area contributed by atoms with Gasteiger partial charge in [-0.1, -0.05) is 35.9 Å². The van der Waals surface area contributed by atoms with Crippen LogP contribution in [0.4, 0.5) is 5.69 Å². The van der Waals surface area contributed by atoms with Crippen molar-refractivity contribution >= 4 is 44.2 Å². The molecule has 6 rings (SSSR count). The van der Waals surface area contributed by atoms with Crippen molar-refractivity contribution in [2.75, 3.05) is 24.7 Å². The molecule has 1 aliphatic carbocycles. The van der Waals surface area contributed by atoms with Crippen molar-refractivity contribution in [3.8, 4) is 22.6 Å². The summed E-state index contributed by atoms with van der Waals surface area (Å²) in [5.41, 5.74) is 6.16. The first-order chi connectivity index (χ1) is 20.5. The molecular formula is C32H29N5O5S. The summed E-state index contributed by atoms with van der Waals surface area (Å²) in [6.07, 6.45) is 5.22. The number of aryl methyl sites for hydroxylation is 2. The number of furan rings is 1. The predicted octanol–water partition coefficient (Wildman–Crippen LogP) is 4.42. The van der Waals surface area contributed by atoms with Crippen LogP contribution in [0, 0.1) is 6.92 Å². The molecule has 2 aromatic carbocycles. The number of benzene rings is 2. The third kappa shape index (κ3) is 4.91. The standard InChI is InChI=1S/C32H29N5O5S/c1-18-8-10-19(11-9-18)30-29(31(38)33-2)24-15-23(27(17-28(24)42-30)37(4)43(5,40)41)26-16-22(32(39)36(3)35-26)21-13-20-7-6-12-34-25(20)14-21/h6-12,14-17H,13H2,1-5H3,(H,33,38). The molecule has 0 bridgehead atoms. The first-order valence-electron chi connectivity index (χ1n) is 13.5. The molecule has 218 valence electrons. The van der Waals surface area contributed by atoms with Gasteiger partial charge in [-0.25, -0.2) is 13.1 Å². The molecule has 11 heteroatoms. The molecule has 1 amide bonds. The van der Waals surface area contributed by atoms with E-state index < -0.39 is 10.0 Å². The van der Waals surface area contributed by atoms with Crippen LogP contribution in [-0.2, 0) is 23.5 Å². The molecule has 3 heterocycles. The number of amides is 1. The average Bonchev–Trinajstić information content (AvgIpc) is 3.58. The van der Waals surface area contributed by atoms with Gasteiger partial charge in [0.25, 0.3) is 11.5 Å². The molecule has 0 saturated carbocycles. The largest absolute Gasteiger partial charge is 0.455 e. The Balaban J connectivity index is 1.63. The molecular weight excluding hydrogens is 566 g/mol. The van der Waals surface area contributed by atoms with Crippen LogP contribution < -0.4 is 15.2 Å². The number of anilines is 1. The second-order valence-electron chi connectivity index (χ2n) is 10.6. The lowest BCUT2D eigenvalue weighted by atomic mass is 9.99. The molecule has 0 radical (unpaired) electrons. The number of allylic oxidation sites excluding steroid dienone is 1. The zero-order chi connectivity index (χ0) is 30.6. The lowest BCUT2D eigenvalue weighted by molar-refractivity contribution is 0.0964. The molecule has 0 atom stereocenters. The summed E-state index contributed by atoms with van der Waals surface area (Å²) < 4.78 is 34.2. The second kappa shape index (κ2) is 10.4. The highest BCUT2D eigenvalue weighted by atomic mass is 32.2. The quantitative estimate of drug-likeness (QED) is 0.308. The van der Waals surface area contributed by atoms with Gasteiger partial charge in [0.15, 0.2) is 0 Å². The van der Waals surface area contributed by atoms with Gasteiger partial charge in [-0.15, -0.1) is 0 Å². The number of hydrogen-bond acceptors (Lipinski definition) is 7. The summed E-state index contributed by atoms with van der Waals surface area (Å²) in [4.78, 5) is 31.0. The number of carbonyl (C=O) groups excluding carboxylic acids is 1. The van der Waals surface area contributed by atoms with E-state index in [1.807, 2.05) is 49.4 Å². The number of carbonyl (C=O) groups is 1. The van der Waals surface area contributed by atoms with Gasteiger partial charge in [-0.2, -0.15) is 5.10 Å². The maximum absolute atomic E-state index is 13.3. The van der Waals surface area contributed by atoms with Crippen LogP contribution >= 0.6 is 0 Å². The van der Waals surface area contributed by atoms with Crippen LogP contribution in [0.1, 0.15) is 32.7 Å². The maximum Gasteiger partial charge on any atom is 0.274 e. The second-order valence-corrected chi connectivity index (χ2v) is 12.6. The van der Waals surface area contributed by atoms with Crippen LogP contribution in [0.2, 0.25) is 0 Å². The van der Waals surface area contributed by atoms with Gasteiger partial charge in [-0.3, -0.25) is 18.9 Å². The third-order valence-corrected chi connectivity index (χ3v) is 8.91. The Hall–Kier alpha value is -5.03. The molecule has 0 fully saturated rings. The fourth-order valence-electron chi connectivity index (χ4n) is 5.33. The normalized spacial score (nSPS) is 12.7. The van der Waals surface area contributed by atoms with Gasteiger partial charge in [0.05, 0.1) is 28.9 Å². The summed E-state index contributed by atoms with van der Waals surface area (Å²) in [5, 5.41) is 7.70. The van der Waals surface area contributed by atoms with E-state index in [9.17, 15) is 18.0 Å². The fraction of sp³-hybridized carbons (Fsp3) is 0.188. The van der Waals surface area contributed by atoms with Gasteiger partial charge in [0.1, 0.15) is 11.3 Å². The van der Waals surface area contributed by atoms with Crippen molar-refractivity contribution in [2.24, 2.45) is 7.05 Å². The molecule has 0 unspecified atom stereocenters. The minimum atomic E-state index is -3.72. The Morgan fingerprint density at radius 3 is 2.51 bits per heavy atom. The van der Waals surface area contributed by atoms with E-state index >= 15 is 0 Å². The van der Waals surface area contributed by atoms with Gasteiger partial charge in [-0.05, 0) is 42.3 Å². The molecule has 43 heavy (non-hydrogen) atoms. The monoisotopic (exact) mass is 595 g/mol. The SMILES string of the molecule is CNC(=O)c1c(-c2ccc(C)cc2)oc2cc(N(C)S(C)(=O)=O)c(-c3cc(C4=Cc5ncccc5C4)c(=O)n(C)n3)cc12. The number of aromatic nitrogens is 3. The molecule has 5 aromatic rings. The van der Waals surface area contributed by atoms with E-state index in [4.69, 9.17) is 4.42 Å². The van der Waals surface area contributed by atoms with Gasteiger partial charge in [0, 0.05) is 61.9 Å². The Morgan fingerprint density at radius 2 is 1.84 bits per heavy atom. The molecule has 10 nitrogen and oxygen atoms in total. The smallest absolute Gasteiger partial charge is 0.274 e. The number of pyridine rings is 1. The van der Waals surface area contributed by atoms with Crippen LogP contribution in [-0.4, -0.2) is 49.4 Å². The van der Waals surface area contributed by atoms with Crippen molar-refractivity contribution in [3.05, 3.63) is 99.1 Å². The third-order valence-electron chi connectivity index (χ3n) is 7.71. The van der Waals surface area contributed by atoms with Crippen molar-refractivity contribution in [1.29, 1.82) is 0 Å². The summed E-state index contributed by atoms with van der Waals surface area (Å²) in [7, 11) is 0.810. The molecule has 0 saturated heterocycles. The van der Waals surface area contributed by atoms with Gasteiger partial charge in [0.2, 0.25) is 10.0 Å². The minimum absolute atomic E-state index is 0.283. The number of sulfonamides is 1. The lowest BCUT2D eigenvalue weighted by Gasteiger charge is -2.21. The van der Waals surface area contributed by atoms with Gasteiger partial charge >= 0.3 is 0 Å². The number of fused-ring (bicyclic) bond motifs is 2. The number of nitrogens with one attached hydrogen (secondary N) is 1. The predicted molar refractivity (Wildman–Crippen MR) is 167 cm³/mol. The highest BCUT2D eigenvalue weighted by Gasteiger charge is 2.27. The Labute approximate surface area is 248 Å². The number of nitrogens with zero attached hydrogens (tertiary/aromatic N) is 4. The Morgan fingerprint density at radius 1 is 1.09 bits per heavy atom. The maximum atomic E-state index is 13.3. The van der Waals surface area contributed by atoms with Crippen LogP contribution in [0.3, 0.4) is 0 Å². The molecule has 1 N–H and O–H groups in total. The number of hydrogen-bond donors (Lipinski definition) is 1. The van der Waals surface area contributed by atoms with E-state index in [2.05, 4.69) is 15.4 Å². The van der Waals surface area contributed by atoms with Crippen molar-refractivity contribution in [1.82, 2.24) is 20.1 Å². The van der Waals surface area contributed by atoms with Crippen LogP contribution in [0.5, 0.6) is 0 Å². The van der Waals surface area contributed by atoms with Crippen molar-refractivity contribution < 1.29 is 17.6 Å². The summed E-state index contributed by atoms with van der Waals surface area (Å²) >= 11 is 0. The molecule has 3 aromatic heterocycles. The first-order valence-corrected chi connectivity index (χ1v) is 15.4. The molecule has 1 aliphatic rings. The topological polar surface area (TPSA) is 127 Å². The molecule has 0 spiro atoms. The zero-order valence-electron chi connectivity index (χ0n) is 24.3. The van der Waals surface area contributed by atoms with Crippen molar-refractivity contribution in [2.45, 2.75) is 13.3 Å². The van der Waals surface area contributed by atoms with Gasteiger partial charge < -0.3 is 9.73 Å². The Bertz CT molecular complexity index is 2140. The average molecular weight is 596 g/mol. The van der Waals surface area contributed by atoms with Crippen molar-refractivity contribution in [3.63, 3.8) is 0 Å². The van der Waals surface area contributed by atoms with Crippen LogP contribution in [0.25, 0.3) is 45.2 Å². The molecule has 0 aliphatic heterocycles. The Kier molecular flexibility index (Phi) is 6.77. The highest BCUT2D eigenvalue weighted by Crippen LogP contribution is 2.41.